The lowest BCUT2D eigenvalue weighted by molar-refractivity contribution is -0.157. The number of carbonyl (C=O) groups is 1. The molecule has 1 unspecified atom stereocenters. The molecule has 27 heavy (non-hydrogen) atoms. The minimum absolute atomic E-state index is 0.0943. The predicted molar refractivity (Wildman–Crippen MR) is 85.7 cm³/mol. The minimum atomic E-state index is -4.44. The summed E-state index contributed by atoms with van der Waals surface area (Å²) in [6.45, 7) is 2.36. The van der Waals surface area contributed by atoms with Crippen molar-refractivity contribution in [1.82, 2.24) is 29.6 Å². The van der Waals surface area contributed by atoms with Crippen molar-refractivity contribution in [2.45, 2.75) is 32.4 Å². The number of hydrogen-bond donors (Lipinski definition) is 0. The minimum Gasteiger partial charge on any atom is -0.339 e. The highest BCUT2D eigenvalue weighted by Crippen LogP contribution is 2.31. The number of hydrogen-bond acceptors (Lipinski definition) is 6. The number of rotatable bonds is 3. The van der Waals surface area contributed by atoms with E-state index in [4.69, 9.17) is 4.52 Å². The maximum absolute atomic E-state index is 12.6. The van der Waals surface area contributed by atoms with Crippen LogP contribution >= 0.6 is 0 Å². The van der Waals surface area contributed by atoms with Crippen molar-refractivity contribution in [1.29, 1.82) is 0 Å². The van der Waals surface area contributed by atoms with E-state index in [0.29, 0.717) is 11.2 Å². The fourth-order valence-corrected chi connectivity index (χ4v) is 3.25. The van der Waals surface area contributed by atoms with Gasteiger partial charge in [-0.05, 0) is 19.9 Å². The molecule has 0 saturated carbocycles. The summed E-state index contributed by atoms with van der Waals surface area (Å²) in [4.78, 5) is 21.3. The Morgan fingerprint density at radius 1 is 1.30 bits per heavy atom. The first-order valence-corrected chi connectivity index (χ1v) is 8.22. The van der Waals surface area contributed by atoms with E-state index < -0.39 is 24.5 Å². The maximum Gasteiger partial charge on any atom is 0.406 e. The van der Waals surface area contributed by atoms with E-state index in [9.17, 15) is 18.0 Å². The summed E-state index contributed by atoms with van der Waals surface area (Å²) in [6, 6.07) is 1.88. The van der Waals surface area contributed by atoms with Crippen molar-refractivity contribution in [3.05, 3.63) is 29.5 Å². The summed E-state index contributed by atoms with van der Waals surface area (Å²) in [7, 11) is 0. The zero-order valence-electron chi connectivity index (χ0n) is 14.5. The molecule has 0 bridgehead atoms. The molecule has 4 rings (SSSR count). The first kappa shape index (κ1) is 17.4. The van der Waals surface area contributed by atoms with Crippen LogP contribution in [0.5, 0.6) is 0 Å². The standard InChI is InChI=1S/C16H15F3N6O2/c1-8-3-9(2)25-14(21-8)11(5-20-25)13-22-15(27-23-13)10-4-12(26)24(6-10)7-16(17,18)19/h3,5,10H,4,6-7H2,1-2H3. The number of likely N-dealkylation sites (tertiary alicyclic amines) is 1. The molecule has 1 saturated heterocycles. The molecule has 3 aromatic rings. The molecule has 0 aliphatic carbocycles. The maximum atomic E-state index is 12.6. The lowest BCUT2D eigenvalue weighted by atomic mass is 10.1. The quantitative estimate of drug-likeness (QED) is 0.693. The van der Waals surface area contributed by atoms with Crippen LogP contribution in [0.2, 0.25) is 0 Å². The third-order valence-electron chi connectivity index (χ3n) is 4.39. The van der Waals surface area contributed by atoms with Gasteiger partial charge in [-0.15, -0.1) is 0 Å². The molecule has 1 fully saturated rings. The largest absolute Gasteiger partial charge is 0.406 e. The fourth-order valence-electron chi connectivity index (χ4n) is 3.25. The van der Waals surface area contributed by atoms with Crippen LogP contribution in [0.1, 0.15) is 29.6 Å². The van der Waals surface area contributed by atoms with Gasteiger partial charge in [-0.25, -0.2) is 9.50 Å². The van der Waals surface area contributed by atoms with Gasteiger partial charge < -0.3 is 9.42 Å². The molecule has 1 aliphatic heterocycles. The zero-order valence-corrected chi connectivity index (χ0v) is 14.5. The zero-order chi connectivity index (χ0) is 19.3. The van der Waals surface area contributed by atoms with Crippen LogP contribution in [0, 0.1) is 13.8 Å². The lowest BCUT2D eigenvalue weighted by Crippen LogP contribution is -2.35. The van der Waals surface area contributed by atoms with Gasteiger partial charge in [-0.1, -0.05) is 5.16 Å². The molecule has 11 heteroatoms. The van der Waals surface area contributed by atoms with Gasteiger partial charge in [-0.2, -0.15) is 23.3 Å². The van der Waals surface area contributed by atoms with Gasteiger partial charge in [0.05, 0.1) is 17.7 Å². The number of fused-ring (bicyclic) bond motifs is 1. The van der Waals surface area contributed by atoms with Crippen LogP contribution in [0.4, 0.5) is 13.2 Å². The molecule has 0 spiro atoms. The van der Waals surface area contributed by atoms with Gasteiger partial charge >= 0.3 is 6.18 Å². The van der Waals surface area contributed by atoms with Crippen molar-refractivity contribution in [2.75, 3.05) is 13.1 Å². The predicted octanol–water partition coefficient (Wildman–Crippen LogP) is 2.27. The second-order valence-corrected chi connectivity index (χ2v) is 6.58. The SMILES string of the molecule is Cc1cc(C)n2ncc(-c3noc(C4CC(=O)N(CC(F)(F)F)C4)n3)c2n1. The number of alkyl halides is 3. The van der Waals surface area contributed by atoms with E-state index in [2.05, 4.69) is 20.2 Å². The molecule has 1 aliphatic rings. The highest BCUT2D eigenvalue weighted by atomic mass is 19.4. The third-order valence-corrected chi connectivity index (χ3v) is 4.39. The van der Waals surface area contributed by atoms with Gasteiger partial charge in [0.1, 0.15) is 6.54 Å². The molecule has 3 aromatic heterocycles. The number of aryl methyl sites for hydroxylation is 2. The summed E-state index contributed by atoms with van der Waals surface area (Å²) in [6.07, 6.45) is -2.98. The second kappa shape index (κ2) is 6.03. The highest BCUT2D eigenvalue weighted by Gasteiger charge is 2.40. The normalized spacial score (nSPS) is 18.0. The second-order valence-electron chi connectivity index (χ2n) is 6.58. The summed E-state index contributed by atoms with van der Waals surface area (Å²) >= 11 is 0. The lowest BCUT2D eigenvalue weighted by Gasteiger charge is -2.17. The number of aromatic nitrogens is 5. The fraction of sp³-hybridized carbons (Fsp3) is 0.438. The molecule has 0 radical (unpaired) electrons. The number of nitrogens with zero attached hydrogens (tertiary/aromatic N) is 6. The molecule has 0 N–H and O–H groups in total. The van der Waals surface area contributed by atoms with E-state index in [-0.39, 0.29) is 24.7 Å². The average molecular weight is 380 g/mol. The number of halogens is 3. The van der Waals surface area contributed by atoms with E-state index >= 15 is 0 Å². The van der Waals surface area contributed by atoms with E-state index in [0.717, 1.165) is 16.3 Å². The Bertz CT molecular complexity index is 1020. The van der Waals surface area contributed by atoms with Gasteiger partial charge in [0.2, 0.25) is 17.6 Å². The van der Waals surface area contributed by atoms with Crippen LogP contribution in [-0.2, 0) is 4.79 Å². The molecule has 1 amide bonds. The Balaban J connectivity index is 1.61. The van der Waals surface area contributed by atoms with E-state index in [1.54, 1.807) is 10.7 Å². The topological polar surface area (TPSA) is 89.4 Å². The number of carbonyl (C=O) groups excluding carboxylic acids is 1. The van der Waals surface area contributed by atoms with Crippen molar-refractivity contribution in [3.63, 3.8) is 0 Å². The van der Waals surface area contributed by atoms with Crippen molar-refractivity contribution < 1.29 is 22.5 Å². The monoisotopic (exact) mass is 380 g/mol. The Labute approximate surface area is 151 Å². The Hall–Kier alpha value is -2.98. The van der Waals surface area contributed by atoms with Gasteiger partial charge in [0.25, 0.3) is 0 Å². The summed E-state index contributed by atoms with van der Waals surface area (Å²) in [5.41, 5.74) is 2.79. The third kappa shape index (κ3) is 3.24. The smallest absolute Gasteiger partial charge is 0.339 e. The van der Waals surface area contributed by atoms with E-state index in [1.807, 2.05) is 19.9 Å². The average Bonchev–Trinajstić information content (AvgIpc) is 3.24. The van der Waals surface area contributed by atoms with Crippen LogP contribution in [0.25, 0.3) is 17.0 Å². The van der Waals surface area contributed by atoms with Crippen LogP contribution in [0.3, 0.4) is 0 Å². The Morgan fingerprint density at radius 2 is 2.07 bits per heavy atom. The summed E-state index contributed by atoms with van der Waals surface area (Å²) < 4.78 is 44.5. The molecule has 1 atom stereocenters. The Morgan fingerprint density at radius 3 is 2.81 bits per heavy atom. The summed E-state index contributed by atoms with van der Waals surface area (Å²) in [5.74, 6) is -0.786. The molecular weight excluding hydrogens is 365 g/mol. The van der Waals surface area contributed by atoms with Gasteiger partial charge in [0, 0.05) is 24.4 Å². The molecule has 0 aromatic carbocycles. The van der Waals surface area contributed by atoms with Crippen molar-refractivity contribution in [3.8, 4) is 11.4 Å². The van der Waals surface area contributed by atoms with Crippen LogP contribution in [-0.4, -0.2) is 54.8 Å². The van der Waals surface area contributed by atoms with Crippen LogP contribution in [0.15, 0.2) is 16.8 Å². The Kier molecular flexibility index (Phi) is 3.89. The molecule has 8 nitrogen and oxygen atoms in total. The first-order chi connectivity index (χ1) is 12.7. The summed E-state index contributed by atoms with van der Waals surface area (Å²) in [5, 5.41) is 8.16. The highest BCUT2D eigenvalue weighted by molar-refractivity contribution is 5.79. The molecular formula is C16H15F3N6O2. The van der Waals surface area contributed by atoms with E-state index in [1.165, 1.54) is 0 Å². The van der Waals surface area contributed by atoms with Crippen LogP contribution < -0.4 is 0 Å². The number of amides is 1. The molecule has 4 heterocycles. The molecule has 142 valence electrons. The van der Waals surface area contributed by atoms with Crippen molar-refractivity contribution >= 4 is 11.6 Å². The van der Waals surface area contributed by atoms with Gasteiger partial charge in [-0.3, -0.25) is 4.79 Å². The van der Waals surface area contributed by atoms with Crippen molar-refractivity contribution in [2.24, 2.45) is 0 Å². The van der Waals surface area contributed by atoms with Gasteiger partial charge in [0.15, 0.2) is 5.65 Å². The first-order valence-electron chi connectivity index (χ1n) is 8.22.